The highest BCUT2D eigenvalue weighted by Gasteiger charge is 2.32. The number of hydrogen-bond acceptors (Lipinski definition) is 3. The minimum Gasteiger partial charge on any atom is -0.398 e. The zero-order valence-corrected chi connectivity index (χ0v) is 18.5. The van der Waals surface area contributed by atoms with Crippen molar-refractivity contribution in [3.05, 3.63) is 89.1 Å². The van der Waals surface area contributed by atoms with Crippen LogP contribution in [0.2, 0.25) is 0 Å². The Balaban J connectivity index is 1.47. The Kier molecular flexibility index (Phi) is 5.20. The van der Waals surface area contributed by atoms with Gasteiger partial charge in [-0.05, 0) is 67.1 Å². The maximum atomic E-state index is 9.61. The predicted molar refractivity (Wildman–Crippen MR) is 129 cm³/mol. The van der Waals surface area contributed by atoms with E-state index in [-0.39, 0.29) is 6.10 Å². The fourth-order valence-corrected chi connectivity index (χ4v) is 4.67. The number of anilines is 1. The van der Waals surface area contributed by atoms with Gasteiger partial charge < -0.3 is 15.0 Å². The van der Waals surface area contributed by atoms with E-state index in [1.807, 2.05) is 43.3 Å². The highest BCUT2D eigenvalue weighted by molar-refractivity contribution is 5.98. The summed E-state index contributed by atoms with van der Waals surface area (Å²) >= 11 is 0. The molecule has 0 spiro atoms. The molecule has 5 rings (SSSR count). The van der Waals surface area contributed by atoms with Gasteiger partial charge in [0.15, 0.2) is 0 Å². The minimum absolute atomic E-state index is 0.273. The number of aromatic nitrogens is 1. The molecule has 0 radical (unpaired) electrons. The third-order valence-electron chi connectivity index (χ3n) is 6.76. The van der Waals surface area contributed by atoms with Gasteiger partial charge in [0.1, 0.15) is 0 Å². The van der Waals surface area contributed by atoms with E-state index in [4.69, 9.17) is 10.5 Å². The van der Waals surface area contributed by atoms with Crippen molar-refractivity contribution in [1.29, 1.82) is 5.26 Å². The summed E-state index contributed by atoms with van der Waals surface area (Å²) in [4.78, 5) is 0. The summed E-state index contributed by atoms with van der Waals surface area (Å²) in [6.45, 7) is 4.72. The van der Waals surface area contributed by atoms with Gasteiger partial charge in [0.25, 0.3) is 0 Å². The first-order valence-corrected chi connectivity index (χ1v) is 11.1. The van der Waals surface area contributed by atoms with Crippen LogP contribution in [0, 0.1) is 25.2 Å². The maximum absolute atomic E-state index is 9.61. The molecule has 4 heteroatoms. The summed E-state index contributed by atoms with van der Waals surface area (Å²) in [6, 6.07) is 23.3. The van der Waals surface area contributed by atoms with Gasteiger partial charge in [0, 0.05) is 34.4 Å². The average molecular weight is 422 g/mol. The molecule has 1 fully saturated rings. The number of ether oxygens (including phenoxy) is 1. The molecule has 3 aromatic carbocycles. The third kappa shape index (κ3) is 3.55. The number of nitrogens with zero attached hydrogens (tertiary/aromatic N) is 2. The number of hydrogen-bond donors (Lipinski definition) is 1. The van der Waals surface area contributed by atoms with Crippen LogP contribution < -0.4 is 5.73 Å². The lowest BCUT2D eigenvalue weighted by molar-refractivity contribution is -0.0346. The van der Waals surface area contributed by atoms with Gasteiger partial charge in [-0.2, -0.15) is 5.26 Å². The van der Waals surface area contributed by atoms with E-state index in [2.05, 4.69) is 48.0 Å². The number of rotatable bonds is 5. The van der Waals surface area contributed by atoms with E-state index in [1.165, 1.54) is 11.1 Å². The standard InChI is InChI=1S/C28H27N3O/c1-18-11-28-25(12-21(18)15-29)26(24-9-6-10-27(30)19(24)2)16-31(28)22-13-23(14-22)32-17-20-7-4-3-5-8-20/h3-12,16,22-23H,13-14,17,30H2,1-2H3/t22-,23+. The van der Waals surface area contributed by atoms with E-state index in [0.717, 1.165) is 51.7 Å². The molecule has 0 bridgehead atoms. The molecule has 4 nitrogen and oxygen atoms in total. The van der Waals surface area contributed by atoms with Crippen LogP contribution in [0.5, 0.6) is 0 Å². The molecule has 160 valence electrons. The molecule has 1 saturated carbocycles. The molecule has 0 atom stereocenters. The van der Waals surface area contributed by atoms with E-state index < -0.39 is 0 Å². The number of fused-ring (bicyclic) bond motifs is 1. The number of aryl methyl sites for hydroxylation is 1. The molecule has 0 aliphatic heterocycles. The fourth-order valence-electron chi connectivity index (χ4n) is 4.67. The van der Waals surface area contributed by atoms with Crippen LogP contribution in [-0.2, 0) is 11.3 Å². The van der Waals surface area contributed by atoms with Crippen LogP contribution in [0.25, 0.3) is 22.0 Å². The molecule has 0 unspecified atom stereocenters. The lowest BCUT2D eigenvalue weighted by Crippen LogP contribution is -2.33. The molecule has 0 amide bonds. The van der Waals surface area contributed by atoms with Gasteiger partial charge >= 0.3 is 0 Å². The molecular weight excluding hydrogens is 394 g/mol. The molecule has 1 aromatic heterocycles. The highest BCUT2D eigenvalue weighted by Crippen LogP contribution is 2.42. The van der Waals surface area contributed by atoms with Crippen molar-refractivity contribution in [3.63, 3.8) is 0 Å². The van der Waals surface area contributed by atoms with Crippen LogP contribution >= 0.6 is 0 Å². The van der Waals surface area contributed by atoms with Crippen LogP contribution in [0.3, 0.4) is 0 Å². The summed E-state index contributed by atoms with van der Waals surface area (Å²) in [6.07, 6.45) is 4.50. The van der Waals surface area contributed by atoms with Crippen molar-refractivity contribution in [3.8, 4) is 17.2 Å². The lowest BCUT2D eigenvalue weighted by atomic mass is 9.88. The van der Waals surface area contributed by atoms with Gasteiger partial charge in [-0.1, -0.05) is 42.5 Å². The fraction of sp³-hybridized carbons (Fsp3) is 0.250. The van der Waals surface area contributed by atoms with Gasteiger partial charge in [0.05, 0.1) is 24.3 Å². The van der Waals surface area contributed by atoms with E-state index in [9.17, 15) is 5.26 Å². The topological polar surface area (TPSA) is 64.0 Å². The highest BCUT2D eigenvalue weighted by atomic mass is 16.5. The van der Waals surface area contributed by atoms with Crippen LogP contribution in [-0.4, -0.2) is 10.7 Å². The Bertz CT molecular complexity index is 1320. The second-order valence-corrected chi connectivity index (χ2v) is 8.81. The second-order valence-electron chi connectivity index (χ2n) is 8.81. The van der Waals surface area contributed by atoms with Crippen molar-refractivity contribution in [2.45, 2.75) is 45.4 Å². The van der Waals surface area contributed by atoms with E-state index >= 15 is 0 Å². The Morgan fingerprint density at radius 3 is 2.56 bits per heavy atom. The van der Waals surface area contributed by atoms with Gasteiger partial charge in [-0.3, -0.25) is 0 Å². The molecule has 32 heavy (non-hydrogen) atoms. The summed E-state index contributed by atoms with van der Waals surface area (Å²) in [7, 11) is 0. The molecule has 1 heterocycles. The number of benzene rings is 3. The predicted octanol–water partition coefficient (Wildman–Crippen LogP) is 6.30. The summed E-state index contributed by atoms with van der Waals surface area (Å²) in [5, 5.41) is 10.7. The monoisotopic (exact) mass is 421 g/mol. The average Bonchev–Trinajstić information content (AvgIpc) is 3.12. The van der Waals surface area contributed by atoms with Crippen LogP contribution in [0.4, 0.5) is 5.69 Å². The molecule has 0 saturated heterocycles. The largest absolute Gasteiger partial charge is 0.398 e. The zero-order chi connectivity index (χ0) is 22.2. The number of nitriles is 1. The Morgan fingerprint density at radius 1 is 1.03 bits per heavy atom. The molecule has 4 aromatic rings. The Hall–Kier alpha value is -3.55. The zero-order valence-electron chi connectivity index (χ0n) is 18.5. The van der Waals surface area contributed by atoms with Crippen molar-refractivity contribution >= 4 is 16.6 Å². The summed E-state index contributed by atoms with van der Waals surface area (Å²) in [5.41, 5.74) is 14.4. The third-order valence-corrected chi connectivity index (χ3v) is 6.76. The summed E-state index contributed by atoms with van der Waals surface area (Å²) < 4.78 is 8.52. The lowest BCUT2D eigenvalue weighted by Gasteiger charge is -2.36. The van der Waals surface area contributed by atoms with Crippen LogP contribution in [0.1, 0.15) is 41.1 Å². The van der Waals surface area contributed by atoms with E-state index in [1.54, 1.807) is 0 Å². The quantitative estimate of drug-likeness (QED) is 0.385. The number of nitrogen functional groups attached to an aromatic ring is 1. The van der Waals surface area contributed by atoms with Gasteiger partial charge in [-0.15, -0.1) is 0 Å². The number of nitrogens with two attached hydrogens (primary N) is 1. The van der Waals surface area contributed by atoms with Crippen molar-refractivity contribution in [2.75, 3.05) is 5.73 Å². The first kappa shape index (κ1) is 20.4. The van der Waals surface area contributed by atoms with E-state index in [0.29, 0.717) is 12.6 Å². The minimum atomic E-state index is 0.273. The summed E-state index contributed by atoms with van der Waals surface area (Å²) in [5.74, 6) is 0. The first-order chi connectivity index (χ1) is 15.5. The van der Waals surface area contributed by atoms with Crippen molar-refractivity contribution in [1.82, 2.24) is 4.57 Å². The molecule has 1 aliphatic rings. The van der Waals surface area contributed by atoms with Crippen LogP contribution in [0.15, 0.2) is 66.9 Å². The Morgan fingerprint density at radius 2 is 1.81 bits per heavy atom. The van der Waals surface area contributed by atoms with Gasteiger partial charge in [-0.25, -0.2) is 0 Å². The normalized spacial score (nSPS) is 17.8. The molecule has 1 aliphatic carbocycles. The van der Waals surface area contributed by atoms with Crippen molar-refractivity contribution in [2.24, 2.45) is 0 Å². The van der Waals surface area contributed by atoms with Gasteiger partial charge in [0.2, 0.25) is 0 Å². The molecule has 2 N–H and O–H groups in total. The Labute approximate surface area is 188 Å². The maximum Gasteiger partial charge on any atom is 0.0994 e. The molecular formula is C28H27N3O. The van der Waals surface area contributed by atoms with Crippen molar-refractivity contribution < 1.29 is 4.74 Å². The smallest absolute Gasteiger partial charge is 0.0994 e. The second kappa shape index (κ2) is 8.18. The first-order valence-electron chi connectivity index (χ1n) is 11.1. The SMILES string of the molecule is Cc1cc2c(cc1C#N)c(-c1cccc(N)c1C)cn2[C@H]1C[C@@H](OCc2ccccc2)C1.